The molecule has 0 unspecified atom stereocenters. The number of carbonyl (C=O) groups is 5. The summed E-state index contributed by atoms with van der Waals surface area (Å²) in [6, 6.07) is 9.14. The number of hydrogen-bond acceptors (Lipinski definition) is 10. The minimum absolute atomic E-state index is 0.426. The molecule has 13 heteroatoms. The van der Waals surface area contributed by atoms with Crippen LogP contribution >= 0.6 is 15.9 Å². The molecule has 0 radical (unpaired) electrons. The van der Waals surface area contributed by atoms with Crippen LogP contribution in [0.3, 0.4) is 0 Å². The molecule has 0 aliphatic heterocycles. The van der Waals surface area contributed by atoms with Crippen LogP contribution in [-0.4, -0.2) is 60.9 Å². The second-order valence-electron chi connectivity index (χ2n) is 6.93. The number of hydrogen-bond donors (Lipinski definition) is 0. The zero-order valence-electron chi connectivity index (χ0n) is 19.7. The fraction of sp³-hybridized carbons (Fsp3) is 0.455. The first-order valence-electron chi connectivity index (χ1n) is 10.1. The lowest BCUT2D eigenvalue weighted by Crippen LogP contribution is -2.52. The van der Waals surface area contributed by atoms with Gasteiger partial charge in [-0.1, -0.05) is 38.7 Å². The van der Waals surface area contributed by atoms with Gasteiger partial charge in [0.15, 0.2) is 18.3 Å². The summed E-state index contributed by atoms with van der Waals surface area (Å²) in [5.74, 6) is -4.06. The quantitative estimate of drug-likeness (QED) is 0.239. The molecule has 0 aliphatic carbocycles. The Morgan fingerprint density at radius 3 is 1.80 bits per heavy atom. The van der Waals surface area contributed by atoms with Gasteiger partial charge in [-0.2, -0.15) is 0 Å². The third kappa shape index (κ3) is 11.9. The summed E-state index contributed by atoms with van der Waals surface area (Å²) in [6.07, 6.45) is -6.19. The summed E-state index contributed by atoms with van der Waals surface area (Å²) in [6.45, 7) is 4.81. The SMILES string of the molecule is CC(=O)OC[C@@H](OC(C)=O)[C@H](OC(C)=O)[C@H](OC(C)=O)[C@H](C#[N+][N-]c1ccc(Br)cc1)OC(C)=O. The molecule has 0 N–H and O–H groups in total. The van der Waals surface area contributed by atoms with Crippen LogP contribution in [0.25, 0.3) is 10.4 Å². The molecule has 0 spiro atoms. The minimum Gasteiger partial charge on any atom is -0.462 e. The third-order valence-electron chi connectivity index (χ3n) is 3.83. The molecule has 35 heavy (non-hydrogen) atoms. The molecule has 0 amide bonds. The van der Waals surface area contributed by atoms with Gasteiger partial charge in [-0.05, 0) is 12.1 Å². The molecule has 190 valence electrons. The van der Waals surface area contributed by atoms with Gasteiger partial charge in [0.05, 0.1) is 0 Å². The van der Waals surface area contributed by atoms with Crippen LogP contribution < -0.4 is 0 Å². The second-order valence-corrected chi connectivity index (χ2v) is 7.85. The first-order valence-corrected chi connectivity index (χ1v) is 10.9. The molecule has 1 rings (SSSR count). The van der Waals surface area contributed by atoms with Gasteiger partial charge < -0.3 is 23.7 Å². The minimum atomic E-state index is -1.61. The second kappa shape index (κ2) is 14.6. The Morgan fingerprint density at radius 1 is 0.800 bits per heavy atom. The summed E-state index contributed by atoms with van der Waals surface area (Å²) in [5.41, 5.74) is 4.35. The average molecular weight is 557 g/mol. The maximum absolute atomic E-state index is 11.9. The normalized spacial score (nSPS) is 13.4. The Hall–Kier alpha value is -3.66. The monoisotopic (exact) mass is 556 g/mol. The summed E-state index contributed by atoms with van der Waals surface area (Å²) >= 11 is 3.29. The fourth-order valence-corrected chi connectivity index (χ4v) is 2.91. The van der Waals surface area contributed by atoms with E-state index in [1.54, 1.807) is 24.3 Å². The van der Waals surface area contributed by atoms with Gasteiger partial charge in [-0.15, -0.1) is 0 Å². The van der Waals surface area contributed by atoms with Gasteiger partial charge in [-0.25, -0.2) is 0 Å². The van der Waals surface area contributed by atoms with Gasteiger partial charge in [-0.3, -0.25) is 29.4 Å². The van der Waals surface area contributed by atoms with Crippen molar-refractivity contribution in [3.05, 3.63) is 39.1 Å². The molecule has 0 heterocycles. The molecule has 0 aromatic heterocycles. The first-order chi connectivity index (χ1) is 16.4. The lowest BCUT2D eigenvalue weighted by atomic mass is 10.0. The molecule has 0 saturated heterocycles. The highest BCUT2D eigenvalue weighted by molar-refractivity contribution is 9.10. The maximum atomic E-state index is 11.9. The molecular formula is C22H25BrN2O10. The molecule has 4 atom stereocenters. The highest BCUT2D eigenvalue weighted by Crippen LogP contribution is 2.23. The van der Waals surface area contributed by atoms with Gasteiger partial charge >= 0.3 is 35.9 Å². The summed E-state index contributed by atoms with van der Waals surface area (Å²) in [5, 5.41) is 0. The lowest BCUT2D eigenvalue weighted by Gasteiger charge is -2.32. The van der Waals surface area contributed by atoms with Crippen LogP contribution in [-0.2, 0) is 47.7 Å². The van der Waals surface area contributed by atoms with Crippen molar-refractivity contribution in [2.24, 2.45) is 0 Å². The van der Waals surface area contributed by atoms with Crippen molar-refractivity contribution in [1.29, 1.82) is 0 Å². The predicted molar refractivity (Wildman–Crippen MR) is 123 cm³/mol. The average Bonchev–Trinajstić information content (AvgIpc) is 2.73. The highest BCUT2D eigenvalue weighted by atomic mass is 79.9. The Kier molecular flexibility index (Phi) is 12.2. The number of esters is 5. The smallest absolute Gasteiger partial charge is 0.321 e. The summed E-state index contributed by atoms with van der Waals surface area (Å²) in [4.78, 5) is 62.3. The molecule has 0 bridgehead atoms. The zero-order chi connectivity index (χ0) is 26.5. The number of halogens is 1. The number of benzene rings is 1. The number of carbonyl (C=O) groups excluding carboxylic acids is 5. The van der Waals surface area contributed by atoms with Crippen molar-refractivity contribution in [3.63, 3.8) is 0 Å². The van der Waals surface area contributed by atoms with E-state index >= 15 is 0 Å². The Morgan fingerprint density at radius 2 is 1.31 bits per heavy atom. The van der Waals surface area contributed by atoms with E-state index in [2.05, 4.69) is 32.4 Å². The van der Waals surface area contributed by atoms with Gasteiger partial charge in [0.1, 0.15) is 6.61 Å². The Labute approximate surface area is 210 Å². The molecule has 12 nitrogen and oxygen atoms in total. The van der Waals surface area contributed by atoms with E-state index in [9.17, 15) is 24.0 Å². The van der Waals surface area contributed by atoms with Crippen molar-refractivity contribution in [2.45, 2.75) is 59.0 Å². The number of rotatable bonds is 10. The largest absolute Gasteiger partial charge is 0.462 e. The van der Waals surface area contributed by atoms with Crippen LogP contribution in [0.2, 0.25) is 0 Å². The molecule has 0 aliphatic rings. The summed E-state index contributed by atoms with van der Waals surface area (Å²) < 4.78 is 26.6. The van der Waals surface area contributed by atoms with Crippen LogP contribution in [0.5, 0.6) is 0 Å². The van der Waals surface area contributed by atoms with Crippen LogP contribution in [0.1, 0.15) is 34.6 Å². The van der Waals surface area contributed by atoms with E-state index in [1.165, 1.54) is 0 Å². The van der Waals surface area contributed by atoms with Crippen LogP contribution in [0.4, 0.5) is 5.69 Å². The van der Waals surface area contributed by atoms with E-state index in [1.807, 2.05) is 0 Å². The molecule has 0 fully saturated rings. The third-order valence-corrected chi connectivity index (χ3v) is 4.36. The number of ether oxygens (including phenoxy) is 5. The Bertz CT molecular complexity index is 986. The molecule has 1 aromatic carbocycles. The topological polar surface area (TPSA) is 150 Å². The molecule has 1 aromatic rings. The van der Waals surface area contributed by atoms with Gasteiger partial charge in [0.25, 0.3) is 6.10 Å². The Balaban J connectivity index is 3.44. The van der Waals surface area contributed by atoms with Crippen LogP contribution in [0.15, 0.2) is 28.7 Å². The van der Waals surface area contributed by atoms with E-state index in [0.29, 0.717) is 5.69 Å². The van der Waals surface area contributed by atoms with Gasteiger partial charge in [0, 0.05) is 39.1 Å². The molecule has 0 saturated carbocycles. The van der Waals surface area contributed by atoms with Crippen molar-refractivity contribution in [3.8, 4) is 6.07 Å². The predicted octanol–water partition coefficient (Wildman–Crippen LogP) is 2.99. The van der Waals surface area contributed by atoms with Crippen molar-refractivity contribution >= 4 is 51.5 Å². The summed E-state index contributed by atoms with van der Waals surface area (Å²) in [7, 11) is 0. The maximum Gasteiger partial charge on any atom is 0.321 e. The zero-order valence-corrected chi connectivity index (χ0v) is 21.3. The lowest BCUT2D eigenvalue weighted by molar-refractivity contribution is -0.198. The van der Waals surface area contributed by atoms with Crippen molar-refractivity contribution in [2.75, 3.05) is 6.61 Å². The van der Waals surface area contributed by atoms with E-state index in [0.717, 1.165) is 39.1 Å². The molecular weight excluding hydrogens is 532 g/mol. The highest BCUT2D eigenvalue weighted by Gasteiger charge is 2.45. The van der Waals surface area contributed by atoms with E-state index in [-0.39, 0.29) is 0 Å². The fourth-order valence-electron chi connectivity index (χ4n) is 2.64. The standard InChI is InChI=1S/C22H25BrN2O10/c1-12(26)31-11-20(33-14(3)28)22(35-16(5)30)21(34-15(4)29)19(32-13(2)27)10-24-25-18-8-6-17(23)7-9-18/h6-9,19-22H,11H2,1-5H3/t19-,20+,21+,22-/m0/s1. The first kappa shape index (κ1) is 29.4. The number of nitrogens with zero attached hydrogens (tertiary/aromatic N) is 2. The van der Waals surface area contributed by atoms with Crippen molar-refractivity contribution in [1.82, 2.24) is 0 Å². The van der Waals surface area contributed by atoms with Crippen molar-refractivity contribution < 1.29 is 47.7 Å². The van der Waals surface area contributed by atoms with Gasteiger partial charge in [0.2, 0.25) is 0 Å². The van der Waals surface area contributed by atoms with E-state index in [4.69, 9.17) is 23.7 Å². The van der Waals surface area contributed by atoms with Crippen LogP contribution in [0, 0.1) is 6.07 Å². The van der Waals surface area contributed by atoms with E-state index < -0.39 is 60.9 Å².